The van der Waals surface area contributed by atoms with Crippen LogP contribution in [0.1, 0.15) is 29.2 Å². The summed E-state index contributed by atoms with van der Waals surface area (Å²) in [5.74, 6) is -0.356. The van der Waals surface area contributed by atoms with Crippen LogP contribution in [0.15, 0.2) is 12.1 Å². The summed E-state index contributed by atoms with van der Waals surface area (Å²) in [4.78, 5) is 23.4. The number of benzene rings is 1. The van der Waals surface area contributed by atoms with Crippen LogP contribution in [0.2, 0.25) is 5.02 Å². The number of ether oxygens (including phenoxy) is 2. The second kappa shape index (κ2) is 6.87. The summed E-state index contributed by atoms with van der Waals surface area (Å²) < 4.78 is 12.1. The highest BCUT2D eigenvalue weighted by molar-refractivity contribution is 6.30. The number of carbonyl (C=O) groups is 2. The predicted octanol–water partition coefficient (Wildman–Crippen LogP) is 2.42. The Balaban J connectivity index is 2.20. The Labute approximate surface area is 154 Å². The lowest BCUT2D eigenvalue weighted by molar-refractivity contribution is -0.137. The van der Waals surface area contributed by atoms with Gasteiger partial charge in [-0.2, -0.15) is 5.10 Å². The lowest BCUT2D eigenvalue weighted by Crippen LogP contribution is -2.26. The molecule has 1 aliphatic rings. The van der Waals surface area contributed by atoms with Crippen molar-refractivity contribution in [1.29, 1.82) is 0 Å². The van der Waals surface area contributed by atoms with E-state index in [2.05, 4.69) is 10.4 Å². The molecule has 0 spiro atoms. The van der Waals surface area contributed by atoms with E-state index < -0.39 is 5.97 Å². The Morgan fingerprint density at radius 1 is 1.42 bits per heavy atom. The van der Waals surface area contributed by atoms with Crippen LogP contribution in [0.25, 0.3) is 0 Å². The van der Waals surface area contributed by atoms with Crippen LogP contribution in [0.3, 0.4) is 0 Å². The van der Waals surface area contributed by atoms with Crippen molar-refractivity contribution in [3.8, 4) is 11.5 Å². The van der Waals surface area contributed by atoms with Crippen molar-refractivity contribution < 1.29 is 24.2 Å². The van der Waals surface area contributed by atoms with E-state index >= 15 is 0 Å². The van der Waals surface area contributed by atoms with Gasteiger partial charge >= 0.3 is 5.97 Å². The molecule has 138 valence electrons. The van der Waals surface area contributed by atoms with Gasteiger partial charge in [0.15, 0.2) is 11.5 Å². The van der Waals surface area contributed by atoms with Gasteiger partial charge in [0.2, 0.25) is 5.91 Å². The van der Waals surface area contributed by atoms with Gasteiger partial charge in [-0.25, -0.2) is 4.68 Å². The van der Waals surface area contributed by atoms with E-state index in [1.54, 1.807) is 19.1 Å². The van der Waals surface area contributed by atoms with Crippen LogP contribution < -0.4 is 14.8 Å². The number of amides is 1. The van der Waals surface area contributed by atoms with Crippen molar-refractivity contribution in [3.63, 3.8) is 0 Å². The first-order chi connectivity index (χ1) is 12.3. The van der Waals surface area contributed by atoms with Gasteiger partial charge < -0.3 is 19.9 Å². The van der Waals surface area contributed by atoms with Gasteiger partial charge in [0, 0.05) is 34.6 Å². The van der Waals surface area contributed by atoms with Crippen molar-refractivity contribution in [2.45, 2.75) is 25.8 Å². The van der Waals surface area contributed by atoms with Gasteiger partial charge in [0.1, 0.15) is 12.4 Å². The van der Waals surface area contributed by atoms with Gasteiger partial charge in [0.25, 0.3) is 0 Å². The molecule has 0 aliphatic carbocycles. The van der Waals surface area contributed by atoms with Crippen molar-refractivity contribution in [2.24, 2.45) is 0 Å². The van der Waals surface area contributed by atoms with Crippen molar-refractivity contribution in [3.05, 3.63) is 34.0 Å². The first-order valence-corrected chi connectivity index (χ1v) is 8.23. The SMILES string of the molecule is COc1cc(Cl)cc(C2CC(=O)Nc3c2c(C)nn3CC(=O)O)c1OC. The average molecular weight is 380 g/mol. The number of nitrogens with zero attached hydrogens (tertiary/aromatic N) is 2. The molecular weight excluding hydrogens is 362 g/mol. The highest BCUT2D eigenvalue weighted by atomic mass is 35.5. The fraction of sp³-hybridized carbons (Fsp3) is 0.353. The Bertz CT molecular complexity index is 893. The summed E-state index contributed by atoms with van der Waals surface area (Å²) >= 11 is 6.22. The van der Waals surface area contributed by atoms with Crippen LogP contribution in [0, 0.1) is 6.92 Å². The molecule has 9 heteroatoms. The minimum atomic E-state index is -1.05. The van der Waals surface area contributed by atoms with E-state index in [-0.39, 0.29) is 24.8 Å². The van der Waals surface area contributed by atoms with Gasteiger partial charge in [-0.3, -0.25) is 9.59 Å². The summed E-state index contributed by atoms with van der Waals surface area (Å²) in [5, 5.41) is 16.5. The highest BCUT2D eigenvalue weighted by Crippen LogP contribution is 2.46. The topological polar surface area (TPSA) is 103 Å². The Kier molecular flexibility index (Phi) is 4.78. The van der Waals surface area contributed by atoms with Crippen molar-refractivity contribution >= 4 is 29.3 Å². The molecule has 8 nitrogen and oxygen atoms in total. The Morgan fingerprint density at radius 3 is 2.77 bits per heavy atom. The van der Waals surface area contributed by atoms with E-state index in [1.165, 1.54) is 18.9 Å². The van der Waals surface area contributed by atoms with Crippen molar-refractivity contribution in [2.75, 3.05) is 19.5 Å². The predicted molar refractivity (Wildman–Crippen MR) is 94.2 cm³/mol. The molecule has 1 aliphatic heterocycles. The summed E-state index contributed by atoms with van der Waals surface area (Å²) in [6, 6.07) is 3.36. The molecule has 1 aromatic carbocycles. The maximum Gasteiger partial charge on any atom is 0.325 e. The fourth-order valence-corrected chi connectivity index (χ4v) is 3.56. The molecule has 2 aromatic rings. The van der Waals surface area contributed by atoms with Crippen molar-refractivity contribution in [1.82, 2.24) is 9.78 Å². The monoisotopic (exact) mass is 379 g/mol. The molecule has 0 saturated heterocycles. The van der Waals surface area contributed by atoms with E-state index in [0.29, 0.717) is 33.6 Å². The number of aromatic nitrogens is 2. The molecule has 0 radical (unpaired) electrons. The normalized spacial score (nSPS) is 16.0. The molecule has 3 rings (SSSR count). The zero-order valence-electron chi connectivity index (χ0n) is 14.5. The van der Waals surface area contributed by atoms with Gasteiger partial charge in [-0.1, -0.05) is 11.6 Å². The number of rotatable bonds is 5. The molecular formula is C17H18ClN3O5. The number of anilines is 1. The molecule has 2 N–H and O–H groups in total. The van der Waals surface area contributed by atoms with Gasteiger partial charge in [-0.15, -0.1) is 0 Å². The summed E-state index contributed by atoms with van der Waals surface area (Å²) in [7, 11) is 3.02. The third-order valence-electron chi connectivity index (χ3n) is 4.30. The second-order valence-electron chi connectivity index (χ2n) is 5.93. The number of hydrogen-bond donors (Lipinski definition) is 2. The van der Waals surface area contributed by atoms with Gasteiger partial charge in [0.05, 0.1) is 19.9 Å². The standard InChI is InChI=1S/C17H18ClN3O5/c1-8-15-10(11-4-9(18)5-12(25-2)16(11)26-3)6-13(22)19-17(15)21(20-8)7-14(23)24/h4-5,10H,6-7H2,1-3H3,(H,19,22)(H,23,24). The molecule has 1 unspecified atom stereocenters. The number of carboxylic acid groups (broad SMARTS) is 1. The summed E-state index contributed by atoms with van der Waals surface area (Å²) in [6.07, 6.45) is 0.159. The minimum Gasteiger partial charge on any atom is -0.493 e. The average Bonchev–Trinajstić information content (AvgIpc) is 2.88. The third kappa shape index (κ3) is 3.08. The number of fused-ring (bicyclic) bond motifs is 1. The highest BCUT2D eigenvalue weighted by Gasteiger charge is 2.35. The minimum absolute atomic E-state index is 0.159. The Hall–Kier alpha value is -2.74. The lowest BCUT2D eigenvalue weighted by Gasteiger charge is -2.26. The number of halogens is 1. The molecule has 0 bridgehead atoms. The summed E-state index contributed by atoms with van der Waals surface area (Å²) in [5.41, 5.74) is 2.06. The molecule has 0 saturated carbocycles. The van der Waals surface area contributed by atoms with E-state index in [0.717, 1.165) is 5.56 Å². The van der Waals surface area contributed by atoms with Crippen LogP contribution in [-0.4, -0.2) is 41.0 Å². The number of hydrogen-bond acceptors (Lipinski definition) is 5. The number of aliphatic carboxylic acids is 1. The largest absolute Gasteiger partial charge is 0.493 e. The molecule has 2 heterocycles. The van der Waals surface area contributed by atoms with Crippen LogP contribution >= 0.6 is 11.6 Å². The first-order valence-electron chi connectivity index (χ1n) is 7.86. The molecule has 0 fully saturated rings. The molecule has 1 atom stereocenters. The number of methoxy groups -OCH3 is 2. The van der Waals surface area contributed by atoms with E-state index in [4.69, 9.17) is 26.2 Å². The first kappa shape index (κ1) is 18.1. The zero-order valence-corrected chi connectivity index (χ0v) is 15.3. The Morgan fingerprint density at radius 2 is 2.15 bits per heavy atom. The lowest BCUT2D eigenvalue weighted by atomic mass is 9.85. The van der Waals surface area contributed by atoms with Crippen LogP contribution in [0.4, 0.5) is 5.82 Å². The zero-order chi connectivity index (χ0) is 19.0. The quantitative estimate of drug-likeness (QED) is 0.827. The fourth-order valence-electron chi connectivity index (χ4n) is 3.34. The number of carboxylic acids is 1. The van der Waals surface area contributed by atoms with Crippen LogP contribution in [-0.2, 0) is 16.1 Å². The molecule has 26 heavy (non-hydrogen) atoms. The number of aryl methyl sites for hydroxylation is 1. The number of nitrogens with one attached hydrogen (secondary N) is 1. The maximum atomic E-state index is 12.3. The smallest absolute Gasteiger partial charge is 0.325 e. The van der Waals surface area contributed by atoms with Gasteiger partial charge in [-0.05, 0) is 13.0 Å². The molecule has 1 amide bonds. The van der Waals surface area contributed by atoms with E-state index in [1.807, 2.05) is 0 Å². The summed E-state index contributed by atoms with van der Waals surface area (Å²) in [6.45, 7) is 1.43. The molecule has 1 aromatic heterocycles. The number of carbonyl (C=O) groups excluding carboxylic acids is 1. The van der Waals surface area contributed by atoms with E-state index in [9.17, 15) is 9.59 Å². The second-order valence-corrected chi connectivity index (χ2v) is 6.37. The third-order valence-corrected chi connectivity index (χ3v) is 4.52. The van der Waals surface area contributed by atoms with Crippen LogP contribution in [0.5, 0.6) is 11.5 Å². The maximum absolute atomic E-state index is 12.3.